The highest BCUT2D eigenvalue weighted by molar-refractivity contribution is 5.59. The molecule has 0 spiro atoms. The summed E-state index contributed by atoms with van der Waals surface area (Å²) in [6.45, 7) is 1.18. The highest BCUT2D eigenvalue weighted by Crippen LogP contribution is 2.26. The number of aryl methyl sites for hydroxylation is 1. The van der Waals surface area contributed by atoms with E-state index in [9.17, 15) is 4.39 Å². The van der Waals surface area contributed by atoms with Crippen molar-refractivity contribution < 1.29 is 4.39 Å². The summed E-state index contributed by atoms with van der Waals surface area (Å²) in [5.74, 6) is 0.476. The number of aromatic nitrogens is 3. The van der Waals surface area contributed by atoms with Crippen molar-refractivity contribution in [2.75, 3.05) is 18.0 Å². The van der Waals surface area contributed by atoms with E-state index in [1.807, 2.05) is 4.90 Å². The summed E-state index contributed by atoms with van der Waals surface area (Å²) in [6, 6.07) is 6.65. The summed E-state index contributed by atoms with van der Waals surface area (Å²) in [4.78, 5) is 1.84. The van der Waals surface area contributed by atoms with Gasteiger partial charge in [-0.15, -0.1) is 5.10 Å². The Kier molecular flexibility index (Phi) is 3.88. The van der Waals surface area contributed by atoms with E-state index in [0.717, 1.165) is 12.2 Å². The number of rotatable bonds is 5. The molecule has 0 amide bonds. The molecule has 1 aromatic heterocycles. The predicted octanol–water partition coefficient (Wildman–Crippen LogP) is 1.44. The Morgan fingerprint density at radius 1 is 1.39 bits per heavy atom. The summed E-state index contributed by atoms with van der Waals surface area (Å²) < 4.78 is 15.5. The number of hydrogen-bond donors (Lipinski definition) is 1. The molecule has 2 aromatic rings. The molecule has 0 saturated carbocycles. The van der Waals surface area contributed by atoms with E-state index in [1.54, 1.807) is 36.1 Å². The van der Waals surface area contributed by atoms with Crippen LogP contribution in [-0.2, 0) is 7.05 Å². The molecule has 0 saturated heterocycles. The molecule has 0 aliphatic rings. The summed E-state index contributed by atoms with van der Waals surface area (Å²) in [5, 5.41) is 7.70. The Balaban J connectivity index is 2.37. The first-order chi connectivity index (χ1) is 8.74. The SMILES string of the molecule is Cn1nncc1N(CCCN)c1ccccc1F. The van der Waals surface area contributed by atoms with Crippen LogP contribution in [0.3, 0.4) is 0 Å². The van der Waals surface area contributed by atoms with Gasteiger partial charge in [0.1, 0.15) is 5.82 Å². The van der Waals surface area contributed by atoms with E-state index in [-0.39, 0.29) is 5.82 Å². The van der Waals surface area contributed by atoms with Crippen LogP contribution in [-0.4, -0.2) is 28.1 Å². The van der Waals surface area contributed by atoms with Crippen LogP contribution in [0.5, 0.6) is 0 Å². The number of benzene rings is 1. The first kappa shape index (κ1) is 12.5. The molecule has 1 heterocycles. The van der Waals surface area contributed by atoms with Gasteiger partial charge in [-0.25, -0.2) is 9.07 Å². The monoisotopic (exact) mass is 249 g/mol. The summed E-state index contributed by atoms with van der Waals surface area (Å²) in [5.41, 5.74) is 6.04. The lowest BCUT2D eigenvalue weighted by Crippen LogP contribution is -2.24. The Bertz CT molecular complexity index is 511. The Labute approximate surface area is 105 Å². The molecule has 96 valence electrons. The fourth-order valence-corrected chi connectivity index (χ4v) is 1.81. The maximum absolute atomic E-state index is 13.9. The maximum atomic E-state index is 13.9. The first-order valence-electron chi connectivity index (χ1n) is 5.81. The number of nitrogens with zero attached hydrogens (tertiary/aromatic N) is 4. The lowest BCUT2D eigenvalue weighted by Gasteiger charge is -2.24. The van der Waals surface area contributed by atoms with Gasteiger partial charge < -0.3 is 10.6 Å². The van der Waals surface area contributed by atoms with Crippen molar-refractivity contribution in [3.8, 4) is 0 Å². The first-order valence-corrected chi connectivity index (χ1v) is 5.81. The smallest absolute Gasteiger partial charge is 0.151 e. The van der Waals surface area contributed by atoms with E-state index in [4.69, 9.17) is 5.73 Å². The molecule has 0 radical (unpaired) electrons. The van der Waals surface area contributed by atoms with Crippen LogP contribution in [0.2, 0.25) is 0 Å². The van der Waals surface area contributed by atoms with Crippen LogP contribution < -0.4 is 10.6 Å². The Morgan fingerprint density at radius 2 is 2.17 bits per heavy atom. The third kappa shape index (κ3) is 2.48. The molecule has 1 aromatic carbocycles. The molecular weight excluding hydrogens is 233 g/mol. The molecule has 2 rings (SSSR count). The van der Waals surface area contributed by atoms with E-state index < -0.39 is 0 Å². The van der Waals surface area contributed by atoms with Crippen LogP contribution in [0.4, 0.5) is 15.9 Å². The predicted molar refractivity (Wildman–Crippen MR) is 68.1 cm³/mol. The van der Waals surface area contributed by atoms with Crippen LogP contribution >= 0.6 is 0 Å². The van der Waals surface area contributed by atoms with Crippen molar-refractivity contribution in [3.63, 3.8) is 0 Å². The van der Waals surface area contributed by atoms with Gasteiger partial charge in [-0.1, -0.05) is 17.3 Å². The second-order valence-electron chi connectivity index (χ2n) is 3.96. The second kappa shape index (κ2) is 5.59. The van der Waals surface area contributed by atoms with Crippen molar-refractivity contribution in [2.45, 2.75) is 6.42 Å². The molecule has 2 N–H and O–H groups in total. The zero-order valence-corrected chi connectivity index (χ0v) is 10.3. The molecule has 0 bridgehead atoms. The highest BCUT2D eigenvalue weighted by atomic mass is 19.1. The minimum atomic E-state index is -0.268. The largest absolute Gasteiger partial charge is 0.330 e. The van der Waals surface area contributed by atoms with Gasteiger partial charge in [0.2, 0.25) is 0 Å². The average molecular weight is 249 g/mol. The highest BCUT2D eigenvalue weighted by Gasteiger charge is 2.16. The Morgan fingerprint density at radius 3 is 2.78 bits per heavy atom. The van der Waals surface area contributed by atoms with Crippen molar-refractivity contribution in [3.05, 3.63) is 36.3 Å². The van der Waals surface area contributed by atoms with Gasteiger partial charge in [0, 0.05) is 13.6 Å². The normalized spacial score (nSPS) is 10.6. The van der Waals surface area contributed by atoms with Crippen LogP contribution in [0, 0.1) is 5.82 Å². The number of halogens is 1. The lowest BCUT2D eigenvalue weighted by atomic mass is 10.2. The van der Waals surface area contributed by atoms with Gasteiger partial charge >= 0.3 is 0 Å². The molecule has 0 fully saturated rings. The topological polar surface area (TPSA) is 60.0 Å². The van der Waals surface area contributed by atoms with Gasteiger partial charge in [-0.05, 0) is 25.1 Å². The van der Waals surface area contributed by atoms with Crippen LogP contribution in [0.15, 0.2) is 30.5 Å². The van der Waals surface area contributed by atoms with Crippen molar-refractivity contribution in [2.24, 2.45) is 12.8 Å². The fraction of sp³-hybridized carbons (Fsp3) is 0.333. The molecule has 5 nitrogen and oxygen atoms in total. The summed E-state index contributed by atoms with van der Waals surface area (Å²) >= 11 is 0. The number of nitrogens with two attached hydrogens (primary N) is 1. The molecule has 0 aliphatic heterocycles. The van der Waals surface area contributed by atoms with Crippen LogP contribution in [0.25, 0.3) is 0 Å². The third-order valence-electron chi connectivity index (χ3n) is 2.70. The van der Waals surface area contributed by atoms with Crippen molar-refractivity contribution >= 4 is 11.5 Å². The van der Waals surface area contributed by atoms with E-state index >= 15 is 0 Å². The summed E-state index contributed by atoms with van der Waals surface area (Å²) in [7, 11) is 1.78. The van der Waals surface area contributed by atoms with E-state index in [1.165, 1.54) is 6.07 Å². The average Bonchev–Trinajstić information content (AvgIpc) is 2.78. The fourth-order valence-electron chi connectivity index (χ4n) is 1.81. The molecule has 18 heavy (non-hydrogen) atoms. The van der Waals surface area contributed by atoms with Gasteiger partial charge in [0.25, 0.3) is 0 Å². The third-order valence-corrected chi connectivity index (χ3v) is 2.70. The Hall–Kier alpha value is -1.95. The number of anilines is 2. The number of hydrogen-bond acceptors (Lipinski definition) is 4. The van der Waals surface area contributed by atoms with Gasteiger partial charge in [-0.2, -0.15) is 0 Å². The molecule has 0 atom stereocenters. The summed E-state index contributed by atoms with van der Waals surface area (Å²) in [6.07, 6.45) is 2.38. The zero-order valence-electron chi connectivity index (χ0n) is 10.3. The quantitative estimate of drug-likeness (QED) is 0.871. The molecule has 0 unspecified atom stereocenters. The number of para-hydroxylation sites is 1. The standard InChI is InChI=1S/C12H16FN5/c1-17-12(9-15-16-17)18(8-4-7-14)11-6-3-2-5-10(11)13/h2-3,5-6,9H,4,7-8,14H2,1H3. The molecule has 0 aliphatic carbocycles. The lowest BCUT2D eigenvalue weighted by molar-refractivity contribution is 0.619. The van der Waals surface area contributed by atoms with E-state index in [0.29, 0.717) is 18.8 Å². The van der Waals surface area contributed by atoms with Crippen molar-refractivity contribution in [1.82, 2.24) is 15.0 Å². The van der Waals surface area contributed by atoms with Crippen LogP contribution in [0.1, 0.15) is 6.42 Å². The molecule has 6 heteroatoms. The zero-order chi connectivity index (χ0) is 13.0. The molecular formula is C12H16FN5. The maximum Gasteiger partial charge on any atom is 0.151 e. The van der Waals surface area contributed by atoms with Crippen molar-refractivity contribution in [1.29, 1.82) is 0 Å². The van der Waals surface area contributed by atoms with Gasteiger partial charge in [0.15, 0.2) is 5.82 Å². The van der Waals surface area contributed by atoms with E-state index in [2.05, 4.69) is 10.3 Å². The van der Waals surface area contributed by atoms with Gasteiger partial charge in [0.05, 0.1) is 11.9 Å². The minimum Gasteiger partial charge on any atom is -0.330 e. The minimum absolute atomic E-state index is 0.268. The second-order valence-corrected chi connectivity index (χ2v) is 3.96. The van der Waals surface area contributed by atoms with Gasteiger partial charge in [-0.3, -0.25) is 0 Å².